The lowest BCUT2D eigenvalue weighted by Gasteiger charge is -2.13. The van der Waals surface area contributed by atoms with Gasteiger partial charge in [-0.3, -0.25) is 4.79 Å². The zero-order valence-electron chi connectivity index (χ0n) is 8.87. The molecule has 0 fully saturated rings. The summed E-state index contributed by atoms with van der Waals surface area (Å²) in [5, 5.41) is 8.78. The summed E-state index contributed by atoms with van der Waals surface area (Å²) in [6.45, 7) is 5.84. The first-order valence-corrected chi connectivity index (χ1v) is 5.14. The van der Waals surface area contributed by atoms with E-state index in [2.05, 4.69) is 13.5 Å². The minimum absolute atomic E-state index is 0.0393. The van der Waals surface area contributed by atoms with Gasteiger partial charge in [0.1, 0.15) is 6.61 Å². The summed E-state index contributed by atoms with van der Waals surface area (Å²) < 4.78 is 4.93. The second-order valence-corrected chi connectivity index (χ2v) is 3.27. The lowest BCUT2D eigenvalue weighted by Crippen LogP contribution is -2.19. The molecule has 1 N–H and O–H groups in total. The van der Waals surface area contributed by atoms with Crippen molar-refractivity contribution in [3.8, 4) is 0 Å². The highest BCUT2D eigenvalue weighted by molar-refractivity contribution is 5.72. The van der Waals surface area contributed by atoms with Crippen molar-refractivity contribution in [2.24, 2.45) is 5.92 Å². The first-order valence-electron chi connectivity index (χ1n) is 5.14. The first kappa shape index (κ1) is 13.2. The molecule has 1 unspecified atom stereocenters. The molecule has 3 nitrogen and oxygen atoms in total. The van der Waals surface area contributed by atoms with Crippen LogP contribution in [0.25, 0.3) is 0 Å². The van der Waals surface area contributed by atoms with Gasteiger partial charge in [-0.2, -0.15) is 0 Å². The summed E-state index contributed by atoms with van der Waals surface area (Å²) in [7, 11) is 0. The Kier molecular flexibility index (Phi) is 8.24. The van der Waals surface area contributed by atoms with Gasteiger partial charge in [-0.05, 0) is 12.8 Å². The van der Waals surface area contributed by atoms with Crippen molar-refractivity contribution >= 4 is 5.97 Å². The van der Waals surface area contributed by atoms with Crippen LogP contribution in [-0.4, -0.2) is 24.3 Å². The average Bonchev–Trinajstić information content (AvgIpc) is 2.20. The Morgan fingerprint density at radius 1 is 1.57 bits per heavy atom. The summed E-state index contributed by atoms with van der Waals surface area (Å²) in [4.78, 5) is 11.4. The van der Waals surface area contributed by atoms with Crippen molar-refractivity contribution < 1.29 is 14.6 Å². The molecular weight excluding hydrogens is 180 g/mol. The van der Waals surface area contributed by atoms with Crippen molar-refractivity contribution in [3.05, 3.63) is 12.7 Å². The zero-order chi connectivity index (χ0) is 10.8. The molecule has 0 amide bonds. The van der Waals surface area contributed by atoms with E-state index in [1.54, 1.807) is 6.08 Å². The van der Waals surface area contributed by atoms with Gasteiger partial charge in [-0.1, -0.05) is 32.4 Å². The van der Waals surface area contributed by atoms with Gasteiger partial charge in [0.05, 0.1) is 5.92 Å². The van der Waals surface area contributed by atoms with E-state index in [1.807, 2.05) is 0 Å². The summed E-state index contributed by atoms with van der Waals surface area (Å²) >= 11 is 0. The average molecular weight is 200 g/mol. The number of rotatable bonds is 8. The highest BCUT2D eigenvalue weighted by atomic mass is 16.5. The normalized spacial score (nSPS) is 12.1. The quantitative estimate of drug-likeness (QED) is 0.481. The summed E-state index contributed by atoms with van der Waals surface area (Å²) in [6, 6.07) is 0. The standard InChI is InChI=1S/C11H20O3/c1-3-5-6-10(7-8-12)11(13)14-9-4-2/h4,10,12H,2-3,5-9H2,1H3. The van der Waals surface area contributed by atoms with E-state index in [1.165, 1.54) is 0 Å². The predicted molar refractivity (Wildman–Crippen MR) is 55.9 cm³/mol. The fourth-order valence-corrected chi connectivity index (χ4v) is 1.25. The molecule has 0 aromatic heterocycles. The molecule has 0 aromatic carbocycles. The van der Waals surface area contributed by atoms with Crippen LogP contribution < -0.4 is 0 Å². The molecule has 0 aromatic rings. The summed E-state index contributed by atoms with van der Waals surface area (Å²) in [5.41, 5.74) is 0. The molecular formula is C11H20O3. The van der Waals surface area contributed by atoms with Gasteiger partial charge in [0.25, 0.3) is 0 Å². The lowest BCUT2D eigenvalue weighted by atomic mass is 9.99. The second-order valence-electron chi connectivity index (χ2n) is 3.27. The van der Waals surface area contributed by atoms with E-state index in [9.17, 15) is 4.79 Å². The molecule has 82 valence electrons. The van der Waals surface area contributed by atoms with Gasteiger partial charge in [0.15, 0.2) is 0 Å². The van der Waals surface area contributed by atoms with Crippen LogP contribution in [0.3, 0.4) is 0 Å². The van der Waals surface area contributed by atoms with Crippen molar-refractivity contribution in [1.82, 2.24) is 0 Å². The molecule has 0 saturated carbocycles. The monoisotopic (exact) mass is 200 g/mol. The maximum absolute atomic E-state index is 11.4. The fourth-order valence-electron chi connectivity index (χ4n) is 1.25. The van der Waals surface area contributed by atoms with Crippen molar-refractivity contribution in [2.75, 3.05) is 13.2 Å². The largest absolute Gasteiger partial charge is 0.461 e. The van der Waals surface area contributed by atoms with Crippen molar-refractivity contribution in [2.45, 2.75) is 32.6 Å². The third-order valence-electron chi connectivity index (χ3n) is 2.06. The number of ether oxygens (including phenoxy) is 1. The van der Waals surface area contributed by atoms with Crippen LogP contribution in [0.2, 0.25) is 0 Å². The van der Waals surface area contributed by atoms with Gasteiger partial charge in [-0.15, -0.1) is 0 Å². The maximum Gasteiger partial charge on any atom is 0.309 e. The van der Waals surface area contributed by atoms with Crippen LogP contribution in [0.1, 0.15) is 32.6 Å². The molecule has 3 heteroatoms. The number of aliphatic hydroxyl groups excluding tert-OH is 1. The van der Waals surface area contributed by atoms with Crippen LogP contribution in [0.4, 0.5) is 0 Å². The van der Waals surface area contributed by atoms with Crippen molar-refractivity contribution in [3.63, 3.8) is 0 Å². The fraction of sp³-hybridized carbons (Fsp3) is 0.727. The highest BCUT2D eigenvalue weighted by Gasteiger charge is 2.18. The minimum atomic E-state index is -0.215. The third-order valence-corrected chi connectivity index (χ3v) is 2.06. The molecule has 0 aliphatic rings. The van der Waals surface area contributed by atoms with Crippen LogP contribution in [0, 0.1) is 5.92 Å². The Balaban J connectivity index is 3.89. The van der Waals surface area contributed by atoms with E-state index in [-0.39, 0.29) is 25.1 Å². The molecule has 0 aliphatic heterocycles. The van der Waals surface area contributed by atoms with Gasteiger partial charge in [0, 0.05) is 6.61 Å². The molecule has 0 aliphatic carbocycles. The Labute approximate surface area is 85.8 Å². The van der Waals surface area contributed by atoms with Crippen LogP contribution in [0.15, 0.2) is 12.7 Å². The van der Waals surface area contributed by atoms with Gasteiger partial charge < -0.3 is 9.84 Å². The Hall–Kier alpha value is -0.830. The number of hydrogen-bond donors (Lipinski definition) is 1. The van der Waals surface area contributed by atoms with Crippen LogP contribution in [-0.2, 0) is 9.53 Å². The van der Waals surface area contributed by atoms with Gasteiger partial charge in [0.2, 0.25) is 0 Å². The molecule has 14 heavy (non-hydrogen) atoms. The Morgan fingerprint density at radius 3 is 2.79 bits per heavy atom. The minimum Gasteiger partial charge on any atom is -0.461 e. The number of esters is 1. The smallest absolute Gasteiger partial charge is 0.309 e. The maximum atomic E-state index is 11.4. The molecule has 0 heterocycles. The van der Waals surface area contributed by atoms with Crippen LogP contribution >= 0.6 is 0 Å². The number of carbonyl (C=O) groups is 1. The number of hydrogen-bond acceptors (Lipinski definition) is 3. The number of aliphatic hydroxyl groups is 1. The molecule has 0 bridgehead atoms. The lowest BCUT2D eigenvalue weighted by molar-refractivity contribution is -0.148. The summed E-state index contributed by atoms with van der Waals surface area (Å²) in [6.07, 6.45) is 4.89. The SMILES string of the molecule is C=CCOC(=O)C(CCO)CCCC. The first-order chi connectivity index (χ1) is 6.76. The van der Waals surface area contributed by atoms with E-state index < -0.39 is 0 Å². The topological polar surface area (TPSA) is 46.5 Å². The molecule has 0 saturated heterocycles. The second kappa shape index (κ2) is 8.75. The predicted octanol–water partition coefficient (Wildman–Crippen LogP) is 1.90. The zero-order valence-corrected chi connectivity index (χ0v) is 8.87. The van der Waals surface area contributed by atoms with Gasteiger partial charge in [-0.25, -0.2) is 0 Å². The number of unbranched alkanes of at least 4 members (excludes halogenated alkanes) is 1. The summed E-state index contributed by atoms with van der Waals surface area (Å²) in [5.74, 6) is -0.368. The van der Waals surface area contributed by atoms with E-state index in [0.29, 0.717) is 6.42 Å². The van der Waals surface area contributed by atoms with E-state index in [4.69, 9.17) is 9.84 Å². The number of carbonyl (C=O) groups excluding carboxylic acids is 1. The van der Waals surface area contributed by atoms with Crippen molar-refractivity contribution in [1.29, 1.82) is 0 Å². The van der Waals surface area contributed by atoms with Gasteiger partial charge >= 0.3 is 5.97 Å². The molecule has 1 atom stereocenters. The molecule has 0 rings (SSSR count). The van der Waals surface area contributed by atoms with E-state index in [0.717, 1.165) is 19.3 Å². The van der Waals surface area contributed by atoms with E-state index >= 15 is 0 Å². The Bertz CT molecular complexity index is 166. The molecule has 0 spiro atoms. The van der Waals surface area contributed by atoms with Crippen LogP contribution in [0.5, 0.6) is 0 Å². The highest BCUT2D eigenvalue weighted by Crippen LogP contribution is 2.14. The molecule has 0 radical (unpaired) electrons. The Morgan fingerprint density at radius 2 is 2.29 bits per heavy atom. The third kappa shape index (κ3) is 5.75.